The molecule has 0 atom stereocenters. The number of fused-ring (bicyclic) bond motifs is 10. The third-order valence-electron chi connectivity index (χ3n) is 12.2. The molecule has 3 heterocycles. The largest absolute Gasteiger partial charge is 0.457 e. The summed E-state index contributed by atoms with van der Waals surface area (Å²) in [7, 11) is 0. The zero-order valence-corrected chi connectivity index (χ0v) is 31.6. The van der Waals surface area contributed by atoms with E-state index in [0.717, 1.165) is 51.1 Å². The van der Waals surface area contributed by atoms with E-state index < -0.39 is 5.41 Å². The molecule has 0 bridgehead atoms. The third-order valence-corrected chi connectivity index (χ3v) is 12.2. The van der Waals surface area contributed by atoms with Gasteiger partial charge in [0.15, 0.2) is 0 Å². The minimum atomic E-state index is -0.688. The first kappa shape index (κ1) is 32.6. The molecule has 0 N–H and O–H groups in total. The zero-order chi connectivity index (χ0) is 38.2. The topological polar surface area (TPSA) is 15.7 Å². The van der Waals surface area contributed by atoms with E-state index in [1.165, 1.54) is 50.2 Å². The minimum Gasteiger partial charge on any atom is -0.457 e. The lowest BCUT2D eigenvalue weighted by molar-refractivity contribution is 0.434. The molecule has 0 aromatic heterocycles. The fourth-order valence-corrected chi connectivity index (χ4v) is 9.77. The highest BCUT2D eigenvalue weighted by Gasteiger charge is 2.53. The highest BCUT2D eigenvalue weighted by molar-refractivity contribution is 6.07. The Hall–Kier alpha value is -7.62. The van der Waals surface area contributed by atoms with Crippen molar-refractivity contribution in [2.45, 2.75) is 5.41 Å². The molecule has 9 aromatic carbocycles. The quantitative estimate of drug-likeness (QED) is 0.179. The summed E-state index contributed by atoms with van der Waals surface area (Å²) in [4.78, 5) is 5.00. The minimum absolute atomic E-state index is 0.688. The van der Waals surface area contributed by atoms with Gasteiger partial charge in [0, 0.05) is 16.8 Å². The molecule has 3 heteroatoms. The van der Waals surface area contributed by atoms with Gasteiger partial charge in [-0.15, -0.1) is 0 Å². The maximum atomic E-state index is 6.78. The molecular weight excluding hydrogens is 705 g/mol. The highest BCUT2D eigenvalue weighted by atomic mass is 16.5. The molecule has 3 nitrogen and oxygen atoms in total. The number of rotatable bonds is 4. The van der Waals surface area contributed by atoms with Crippen LogP contribution in [0.1, 0.15) is 22.3 Å². The maximum absolute atomic E-state index is 6.78. The van der Waals surface area contributed by atoms with Gasteiger partial charge >= 0.3 is 0 Å². The van der Waals surface area contributed by atoms with E-state index in [1.807, 2.05) is 0 Å². The van der Waals surface area contributed by atoms with Gasteiger partial charge in [0.25, 0.3) is 0 Å². The first-order valence-corrected chi connectivity index (χ1v) is 19.9. The molecule has 0 saturated carbocycles. The van der Waals surface area contributed by atoms with Gasteiger partial charge in [0.05, 0.1) is 33.9 Å². The van der Waals surface area contributed by atoms with Crippen molar-refractivity contribution in [2.75, 3.05) is 9.80 Å². The Bertz CT molecular complexity index is 2940. The molecule has 9 aromatic rings. The van der Waals surface area contributed by atoms with E-state index in [9.17, 15) is 0 Å². The summed E-state index contributed by atoms with van der Waals surface area (Å²) in [5.74, 6) is 1.75. The van der Waals surface area contributed by atoms with Crippen molar-refractivity contribution in [3.63, 3.8) is 0 Å². The number of hydrogen-bond acceptors (Lipinski definition) is 3. The van der Waals surface area contributed by atoms with Crippen LogP contribution < -0.4 is 14.5 Å². The predicted octanol–water partition coefficient (Wildman–Crippen LogP) is 14.7. The molecule has 0 fully saturated rings. The Morgan fingerprint density at radius 1 is 0.293 bits per heavy atom. The molecule has 1 spiro atoms. The fourth-order valence-electron chi connectivity index (χ4n) is 9.77. The van der Waals surface area contributed by atoms with Crippen LogP contribution in [0.4, 0.5) is 34.1 Å². The average molecular weight is 741 g/mol. The number of nitrogens with zero attached hydrogens (tertiary/aromatic N) is 2. The number of ether oxygens (including phenoxy) is 1. The van der Waals surface area contributed by atoms with E-state index in [-0.39, 0.29) is 0 Å². The standard InChI is InChI=1S/C55H36N2O/c1-4-17-37(18-5-1)40-31-32-48-47(36-40)55(44-23-10-14-29-52(44)58-53-30-15-11-24-45(53)55)46-25-16-28-51-54(46)57(48)50-27-13-12-26-49(50)56(51)43-34-41(38-19-6-2-7-20-38)33-42(35-43)39-21-8-3-9-22-39/h1-36H. The first-order valence-electron chi connectivity index (χ1n) is 19.9. The van der Waals surface area contributed by atoms with E-state index in [2.05, 4.69) is 228 Å². The molecule has 12 rings (SSSR count). The number of benzene rings is 9. The van der Waals surface area contributed by atoms with Crippen molar-refractivity contribution >= 4 is 34.1 Å². The van der Waals surface area contributed by atoms with E-state index in [0.29, 0.717) is 0 Å². The Balaban J connectivity index is 1.19. The van der Waals surface area contributed by atoms with Crippen molar-refractivity contribution in [3.8, 4) is 44.9 Å². The van der Waals surface area contributed by atoms with Crippen LogP contribution in [0.5, 0.6) is 11.5 Å². The van der Waals surface area contributed by atoms with Crippen LogP contribution in [0.3, 0.4) is 0 Å². The Morgan fingerprint density at radius 3 is 1.38 bits per heavy atom. The summed E-state index contributed by atoms with van der Waals surface area (Å²) in [6, 6.07) is 79.3. The second-order valence-electron chi connectivity index (χ2n) is 15.3. The SMILES string of the molecule is c1ccc(-c2cc(-c3ccccc3)cc(N3c4ccccc4N4c5ccc(-c6ccccc6)cc5C5(c6ccccc6Oc6ccccc65)c5cccc3c54)c2)cc1. The van der Waals surface area contributed by atoms with Gasteiger partial charge in [-0.2, -0.15) is 0 Å². The Morgan fingerprint density at radius 2 is 0.776 bits per heavy atom. The Kier molecular flexibility index (Phi) is 7.14. The van der Waals surface area contributed by atoms with Crippen LogP contribution in [-0.4, -0.2) is 0 Å². The van der Waals surface area contributed by atoms with E-state index in [4.69, 9.17) is 4.74 Å². The summed E-state index contributed by atoms with van der Waals surface area (Å²) in [5.41, 5.74) is 17.9. The van der Waals surface area contributed by atoms with Crippen LogP contribution >= 0.6 is 0 Å². The van der Waals surface area contributed by atoms with Gasteiger partial charge in [-0.05, 0) is 105 Å². The fraction of sp³-hybridized carbons (Fsp3) is 0.0182. The lowest BCUT2D eigenvalue weighted by atomic mass is 9.60. The van der Waals surface area contributed by atoms with Crippen molar-refractivity contribution in [1.82, 2.24) is 0 Å². The van der Waals surface area contributed by atoms with Crippen LogP contribution in [0, 0.1) is 0 Å². The lowest BCUT2D eigenvalue weighted by Crippen LogP contribution is -2.41. The molecule has 272 valence electrons. The molecule has 58 heavy (non-hydrogen) atoms. The molecule has 3 aliphatic rings. The number of anilines is 6. The number of hydrogen-bond donors (Lipinski definition) is 0. The third kappa shape index (κ3) is 4.68. The zero-order valence-electron chi connectivity index (χ0n) is 31.6. The van der Waals surface area contributed by atoms with Gasteiger partial charge < -0.3 is 14.5 Å². The normalized spacial score (nSPS) is 13.7. The molecule has 0 radical (unpaired) electrons. The monoisotopic (exact) mass is 740 g/mol. The highest BCUT2D eigenvalue weighted by Crippen LogP contribution is 2.67. The van der Waals surface area contributed by atoms with Crippen molar-refractivity contribution in [3.05, 3.63) is 241 Å². The average Bonchev–Trinajstić information content (AvgIpc) is 3.30. The Labute approximate surface area is 338 Å². The second-order valence-corrected chi connectivity index (χ2v) is 15.3. The lowest BCUT2D eigenvalue weighted by Gasteiger charge is -2.52. The molecule has 0 unspecified atom stereocenters. The van der Waals surface area contributed by atoms with Crippen molar-refractivity contribution < 1.29 is 4.74 Å². The molecule has 0 saturated heterocycles. The summed E-state index contributed by atoms with van der Waals surface area (Å²) >= 11 is 0. The molecule has 0 aliphatic carbocycles. The first-order chi connectivity index (χ1) is 28.8. The van der Waals surface area contributed by atoms with Crippen molar-refractivity contribution in [2.24, 2.45) is 0 Å². The van der Waals surface area contributed by atoms with Gasteiger partial charge in [-0.3, -0.25) is 0 Å². The summed E-state index contributed by atoms with van der Waals surface area (Å²) in [5, 5.41) is 0. The summed E-state index contributed by atoms with van der Waals surface area (Å²) in [6.45, 7) is 0. The van der Waals surface area contributed by atoms with Gasteiger partial charge in [0.2, 0.25) is 0 Å². The van der Waals surface area contributed by atoms with Crippen LogP contribution in [0.2, 0.25) is 0 Å². The summed E-state index contributed by atoms with van der Waals surface area (Å²) in [6.07, 6.45) is 0. The van der Waals surface area contributed by atoms with Gasteiger partial charge in [0.1, 0.15) is 11.5 Å². The van der Waals surface area contributed by atoms with Gasteiger partial charge in [-0.25, -0.2) is 0 Å². The maximum Gasteiger partial charge on any atom is 0.132 e. The smallest absolute Gasteiger partial charge is 0.132 e. The number of para-hydroxylation sites is 5. The van der Waals surface area contributed by atoms with E-state index in [1.54, 1.807) is 0 Å². The van der Waals surface area contributed by atoms with Crippen LogP contribution in [0.25, 0.3) is 33.4 Å². The molecule has 3 aliphatic heterocycles. The van der Waals surface area contributed by atoms with Gasteiger partial charge in [-0.1, -0.05) is 158 Å². The van der Waals surface area contributed by atoms with E-state index >= 15 is 0 Å². The summed E-state index contributed by atoms with van der Waals surface area (Å²) < 4.78 is 6.78. The molecule has 0 amide bonds. The van der Waals surface area contributed by atoms with Crippen molar-refractivity contribution in [1.29, 1.82) is 0 Å². The second kappa shape index (κ2) is 12.7. The predicted molar refractivity (Wildman–Crippen MR) is 238 cm³/mol. The molecular formula is C55H36N2O. The van der Waals surface area contributed by atoms with Crippen LogP contribution in [0.15, 0.2) is 218 Å². The van der Waals surface area contributed by atoms with Crippen LogP contribution in [-0.2, 0) is 5.41 Å².